The summed E-state index contributed by atoms with van der Waals surface area (Å²) in [7, 11) is 0. The van der Waals surface area contributed by atoms with E-state index in [1.165, 1.54) is 10.8 Å². The molecular weight excluding hydrogens is 234 g/mol. The Kier molecular flexibility index (Phi) is 2.03. The van der Waals surface area contributed by atoms with E-state index in [2.05, 4.69) is 38.4 Å². The molecular formula is C10H9N7O. The number of anilines is 1. The van der Waals surface area contributed by atoms with Gasteiger partial charge in [0.1, 0.15) is 0 Å². The highest BCUT2D eigenvalue weighted by Crippen LogP contribution is 2.19. The second kappa shape index (κ2) is 3.55. The molecule has 8 nitrogen and oxygen atoms in total. The maximum atomic E-state index is 5.78. The van der Waals surface area contributed by atoms with Crippen molar-refractivity contribution in [1.29, 1.82) is 0 Å². The quantitative estimate of drug-likeness (QED) is 0.656. The molecule has 0 aliphatic carbocycles. The fourth-order valence-electron chi connectivity index (χ4n) is 1.61. The molecule has 0 spiro atoms. The van der Waals surface area contributed by atoms with Gasteiger partial charge < -0.3 is 10.5 Å². The lowest BCUT2D eigenvalue weighted by Crippen LogP contribution is -2.02. The van der Waals surface area contributed by atoms with Gasteiger partial charge in [-0.25, -0.2) is 4.98 Å². The Morgan fingerprint density at radius 1 is 1.50 bits per heavy atom. The van der Waals surface area contributed by atoms with Crippen LogP contribution in [0.15, 0.2) is 25.6 Å². The minimum atomic E-state index is 0.201. The van der Waals surface area contributed by atoms with E-state index >= 15 is 0 Å². The van der Waals surface area contributed by atoms with Crippen LogP contribution >= 0.6 is 0 Å². The first-order valence-corrected chi connectivity index (χ1v) is 5.03. The van der Waals surface area contributed by atoms with Crippen molar-refractivity contribution in [3.8, 4) is 0 Å². The summed E-state index contributed by atoms with van der Waals surface area (Å²) in [6.45, 7) is 7.13. The van der Waals surface area contributed by atoms with Crippen molar-refractivity contribution in [2.24, 2.45) is 0 Å². The molecule has 3 aromatic heterocycles. The fourth-order valence-corrected chi connectivity index (χ4v) is 1.61. The molecule has 0 fully saturated rings. The number of nitrogens with two attached hydrogens (primary N) is 1. The van der Waals surface area contributed by atoms with Crippen LogP contribution in [0.3, 0.4) is 0 Å². The van der Waals surface area contributed by atoms with E-state index < -0.39 is 0 Å². The molecule has 3 heterocycles. The average Bonchev–Trinajstić information content (AvgIpc) is 2.93. The summed E-state index contributed by atoms with van der Waals surface area (Å²) in [5.74, 6) is 0.800. The van der Waals surface area contributed by atoms with Crippen LogP contribution in [-0.2, 0) is 4.74 Å². The number of nitrogens with one attached hydrogen (secondary N) is 1. The zero-order valence-corrected chi connectivity index (χ0v) is 9.29. The van der Waals surface area contributed by atoms with Crippen molar-refractivity contribution in [2.75, 3.05) is 5.73 Å². The number of rotatable bonds is 3. The van der Waals surface area contributed by atoms with E-state index in [4.69, 9.17) is 10.5 Å². The summed E-state index contributed by atoms with van der Waals surface area (Å²) in [6, 6.07) is 0. The van der Waals surface area contributed by atoms with Gasteiger partial charge in [-0.05, 0) is 0 Å². The predicted molar refractivity (Wildman–Crippen MR) is 65.2 cm³/mol. The van der Waals surface area contributed by atoms with Crippen molar-refractivity contribution in [3.05, 3.63) is 31.4 Å². The number of nitrogens with zero attached hydrogens (tertiary/aromatic N) is 5. The monoisotopic (exact) mass is 243 g/mol. The molecule has 0 aromatic carbocycles. The molecule has 0 bridgehead atoms. The number of aromatic nitrogens is 6. The molecule has 3 rings (SSSR count). The van der Waals surface area contributed by atoms with Crippen LogP contribution in [-0.4, -0.2) is 29.8 Å². The highest BCUT2D eigenvalue weighted by atomic mass is 16.5. The van der Waals surface area contributed by atoms with Crippen LogP contribution in [0.4, 0.5) is 5.95 Å². The van der Waals surface area contributed by atoms with Crippen molar-refractivity contribution < 1.29 is 4.74 Å². The standard InChI is InChI=1S/C10H9N7O/c1-3-18-5(2)7-13-9-6-4-12-15-8(6)14-10(11)17(9)16-7/h3-4H,1-2H2,(H3,11,12,14,15). The molecule has 0 saturated heterocycles. The van der Waals surface area contributed by atoms with Crippen LogP contribution in [0.5, 0.6) is 0 Å². The summed E-state index contributed by atoms with van der Waals surface area (Å²) in [4.78, 5) is 8.40. The van der Waals surface area contributed by atoms with Gasteiger partial charge in [0, 0.05) is 0 Å². The molecule has 0 unspecified atom stereocenters. The third-order valence-electron chi connectivity index (χ3n) is 2.39. The van der Waals surface area contributed by atoms with E-state index in [0.717, 1.165) is 0 Å². The fraction of sp³-hybridized carbons (Fsp3) is 0. The first kappa shape index (κ1) is 10.3. The van der Waals surface area contributed by atoms with Crippen LogP contribution in [0, 0.1) is 0 Å². The molecule has 0 aliphatic heterocycles. The van der Waals surface area contributed by atoms with Crippen LogP contribution in [0.25, 0.3) is 22.4 Å². The van der Waals surface area contributed by atoms with E-state index in [0.29, 0.717) is 22.5 Å². The maximum absolute atomic E-state index is 5.78. The van der Waals surface area contributed by atoms with Gasteiger partial charge in [0.15, 0.2) is 17.1 Å². The molecule has 0 radical (unpaired) electrons. The minimum absolute atomic E-state index is 0.201. The molecule has 3 N–H and O–H groups in total. The molecule has 0 saturated carbocycles. The minimum Gasteiger partial charge on any atom is -0.462 e. The summed E-state index contributed by atoms with van der Waals surface area (Å²) < 4.78 is 6.44. The Hall–Kier alpha value is -2.90. The van der Waals surface area contributed by atoms with Crippen molar-refractivity contribution in [1.82, 2.24) is 29.8 Å². The van der Waals surface area contributed by atoms with Crippen LogP contribution in [0.1, 0.15) is 5.82 Å². The lowest BCUT2D eigenvalue weighted by atomic mass is 10.4. The molecule has 8 heteroatoms. The van der Waals surface area contributed by atoms with Gasteiger partial charge in [-0.3, -0.25) is 5.10 Å². The first-order chi connectivity index (χ1) is 8.70. The zero-order valence-electron chi connectivity index (χ0n) is 9.29. The summed E-state index contributed by atoms with van der Waals surface area (Å²) in [6.07, 6.45) is 2.86. The number of fused-ring (bicyclic) bond motifs is 3. The third-order valence-corrected chi connectivity index (χ3v) is 2.39. The number of nitrogen functional groups attached to an aromatic ring is 1. The van der Waals surface area contributed by atoms with Gasteiger partial charge in [0.25, 0.3) is 0 Å². The van der Waals surface area contributed by atoms with Gasteiger partial charge in [-0.1, -0.05) is 13.2 Å². The van der Waals surface area contributed by atoms with Crippen LogP contribution in [0.2, 0.25) is 0 Å². The largest absolute Gasteiger partial charge is 0.462 e. The second-order valence-electron chi connectivity index (χ2n) is 3.48. The number of aromatic amines is 1. The highest BCUT2D eigenvalue weighted by Gasteiger charge is 2.14. The molecule has 18 heavy (non-hydrogen) atoms. The Bertz CT molecular complexity index is 769. The van der Waals surface area contributed by atoms with Crippen molar-refractivity contribution >= 4 is 28.4 Å². The number of H-pyrrole nitrogens is 1. The topological polar surface area (TPSA) is 107 Å². The Labute approximate surface area is 101 Å². The number of hydrogen-bond acceptors (Lipinski definition) is 6. The summed E-state index contributed by atoms with van der Waals surface area (Å²) in [5.41, 5.74) is 6.87. The molecule has 0 amide bonds. The average molecular weight is 243 g/mol. The summed E-state index contributed by atoms with van der Waals surface area (Å²) in [5, 5.41) is 11.5. The molecule has 3 aromatic rings. The van der Waals surface area contributed by atoms with Crippen molar-refractivity contribution in [3.63, 3.8) is 0 Å². The zero-order chi connectivity index (χ0) is 12.7. The number of ether oxygens (including phenoxy) is 1. The smallest absolute Gasteiger partial charge is 0.225 e. The number of hydrogen-bond donors (Lipinski definition) is 2. The third kappa shape index (κ3) is 1.32. The first-order valence-electron chi connectivity index (χ1n) is 5.03. The lowest BCUT2D eigenvalue weighted by molar-refractivity contribution is 0.435. The Morgan fingerprint density at radius 3 is 3.11 bits per heavy atom. The van der Waals surface area contributed by atoms with Gasteiger partial charge >= 0.3 is 0 Å². The lowest BCUT2D eigenvalue weighted by Gasteiger charge is -1.97. The second-order valence-corrected chi connectivity index (χ2v) is 3.48. The SMILES string of the molecule is C=COC(=C)c1nc2c3cn[nH]c3nc(N)n2n1. The van der Waals surface area contributed by atoms with Gasteiger partial charge in [-0.2, -0.15) is 14.6 Å². The van der Waals surface area contributed by atoms with Crippen molar-refractivity contribution in [2.45, 2.75) is 0 Å². The maximum Gasteiger partial charge on any atom is 0.225 e. The van der Waals surface area contributed by atoms with Gasteiger partial charge in [-0.15, -0.1) is 5.10 Å². The van der Waals surface area contributed by atoms with E-state index in [1.54, 1.807) is 6.20 Å². The molecule has 0 atom stereocenters. The normalized spacial score (nSPS) is 10.9. The molecule has 90 valence electrons. The predicted octanol–water partition coefficient (Wildman–Crippen LogP) is 0.714. The van der Waals surface area contributed by atoms with E-state index in [9.17, 15) is 0 Å². The van der Waals surface area contributed by atoms with E-state index in [1.807, 2.05) is 0 Å². The van der Waals surface area contributed by atoms with E-state index in [-0.39, 0.29) is 11.7 Å². The van der Waals surface area contributed by atoms with Gasteiger partial charge in [0.05, 0.1) is 17.8 Å². The van der Waals surface area contributed by atoms with Crippen LogP contribution < -0.4 is 5.73 Å². The molecule has 0 aliphatic rings. The summed E-state index contributed by atoms with van der Waals surface area (Å²) >= 11 is 0. The Balaban J connectivity index is 2.30. The Morgan fingerprint density at radius 2 is 2.33 bits per heavy atom. The highest BCUT2D eigenvalue weighted by molar-refractivity contribution is 5.89. The van der Waals surface area contributed by atoms with Gasteiger partial charge in [0.2, 0.25) is 11.8 Å².